The number of morpholine rings is 1. The number of hydrogen-bond donors (Lipinski definition) is 2. The maximum atomic E-state index is 9.20. The Morgan fingerprint density at radius 2 is 2.06 bits per heavy atom. The molecule has 0 aliphatic carbocycles. The third kappa shape index (κ3) is 3.23. The number of hydrogen-bond acceptors (Lipinski definition) is 5. The van der Waals surface area contributed by atoms with E-state index >= 15 is 0 Å². The third-order valence-corrected chi connectivity index (χ3v) is 3.10. The second-order valence-corrected chi connectivity index (χ2v) is 4.33. The van der Waals surface area contributed by atoms with Gasteiger partial charge in [-0.05, 0) is 11.5 Å². The highest BCUT2D eigenvalue weighted by Gasteiger charge is 2.17. The lowest BCUT2D eigenvalue weighted by Crippen LogP contribution is -2.36. The van der Waals surface area contributed by atoms with Crippen molar-refractivity contribution in [3.8, 4) is 5.75 Å². The topological polar surface area (TPSA) is 62.2 Å². The van der Waals surface area contributed by atoms with Gasteiger partial charge >= 0.3 is 7.12 Å². The lowest BCUT2D eigenvalue weighted by atomic mass is 9.79. The van der Waals surface area contributed by atoms with E-state index in [1.54, 1.807) is 25.3 Å². The van der Waals surface area contributed by atoms with Crippen LogP contribution in [0.25, 0.3) is 0 Å². The molecule has 18 heavy (non-hydrogen) atoms. The molecule has 1 fully saturated rings. The van der Waals surface area contributed by atoms with Gasteiger partial charge in [0.1, 0.15) is 5.75 Å². The van der Waals surface area contributed by atoms with E-state index in [2.05, 4.69) is 4.90 Å². The van der Waals surface area contributed by atoms with E-state index in [9.17, 15) is 10.0 Å². The maximum Gasteiger partial charge on any atom is 0.488 e. The van der Waals surface area contributed by atoms with Gasteiger partial charge in [0.25, 0.3) is 0 Å². The van der Waals surface area contributed by atoms with Crippen LogP contribution in [0.3, 0.4) is 0 Å². The van der Waals surface area contributed by atoms with E-state index in [1.807, 2.05) is 0 Å². The Kier molecular flexibility index (Phi) is 4.60. The summed E-state index contributed by atoms with van der Waals surface area (Å²) in [5, 5.41) is 18.4. The molecule has 1 aromatic rings. The molecule has 0 radical (unpaired) electrons. The van der Waals surface area contributed by atoms with Gasteiger partial charge in [0.05, 0.1) is 20.3 Å². The highest BCUT2D eigenvalue weighted by atomic mass is 16.5. The average molecular weight is 251 g/mol. The van der Waals surface area contributed by atoms with Gasteiger partial charge in [-0.2, -0.15) is 0 Å². The van der Waals surface area contributed by atoms with E-state index in [0.717, 1.165) is 44.2 Å². The molecule has 0 spiro atoms. The van der Waals surface area contributed by atoms with E-state index in [1.165, 1.54) is 0 Å². The predicted molar refractivity (Wildman–Crippen MR) is 68.9 cm³/mol. The number of benzene rings is 1. The summed E-state index contributed by atoms with van der Waals surface area (Å²) in [6.07, 6.45) is 0. The smallest absolute Gasteiger partial charge is 0.488 e. The Bertz CT molecular complexity index is 394. The summed E-state index contributed by atoms with van der Waals surface area (Å²) >= 11 is 0. The first kappa shape index (κ1) is 13.4. The summed E-state index contributed by atoms with van der Waals surface area (Å²) < 4.78 is 10.6. The molecule has 0 aromatic heterocycles. The van der Waals surface area contributed by atoms with Gasteiger partial charge in [-0.25, -0.2) is 0 Å². The van der Waals surface area contributed by atoms with Crippen LogP contribution in [0.15, 0.2) is 18.2 Å². The fourth-order valence-electron chi connectivity index (χ4n) is 2.08. The van der Waals surface area contributed by atoms with Crippen molar-refractivity contribution in [2.24, 2.45) is 0 Å². The number of rotatable bonds is 4. The fraction of sp³-hybridized carbons (Fsp3) is 0.500. The molecule has 2 N–H and O–H groups in total. The highest BCUT2D eigenvalue weighted by molar-refractivity contribution is 6.58. The van der Waals surface area contributed by atoms with Crippen LogP contribution in [0.4, 0.5) is 0 Å². The lowest BCUT2D eigenvalue weighted by molar-refractivity contribution is 0.0339. The Morgan fingerprint density at radius 1 is 1.33 bits per heavy atom. The minimum absolute atomic E-state index is 0.485. The Morgan fingerprint density at radius 3 is 2.67 bits per heavy atom. The first-order valence-corrected chi connectivity index (χ1v) is 6.04. The van der Waals surface area contributed by atoms with Gasteiger partial charge in [0.2, 0.25) is 0 Å². The molecule has 1 heterocycles. The van der Waals surface area contributed by atoms with Crippen LogP contribution in [0.2, 0.25) is 0 Å². The summed E-state index contributed by atoms with van der Waals surface area (Å²) in [6, 6.07) is 5.20. The van der Waals surface area contributed by atoms with Gasteiger partial charge in [0, 0.05) is 25.2 Å². The monoisotopic (exact) mass is 251 g/mol. The third-order valence-electron chi connectivity index (χ3n) is 3.10. The Hall–Kier alpha value is -1.08. The zero-order valence-corrected chi connectivity index (χ0v) is 10.5. The summed E-state index contributed by atoms with van der Waals surface area (Å²) in [6.45, 7) is 3.98. The van der Waals surface area contributed by atoms with E-state index < -0.39 is 7.12 Å². The molecule has 5 nitrogen and oxygen atoms in total. The highest BCUT2D eigenvalue weighted by Crippen LogP contribution is 2.19. The van der Waals surface area contributed by atoms with Crippen molar-refractivity contribution in [3.63, 3.8) is 0 Å². The van der Waals surface area contributed by atoms with E-state index in [4.69, 9.17) is 9.47 Å². The van der Waals surface area contributed by atoms with Crippen molar-refractivity contribution in [2.75, 3.05) is 33.4 Å². The maximum absolute atomic E-state index is 9.20. The quantitative estimate of drug-likeness (QED) is 0.686. The molecule has 2 rings (SSSR count). The van der Waals surface area contributed by atoms with Crippen LogP contribution < -0.4 is 10.2 Å². The molecule has 0 bridgehead atoms. The predicted octanol–water partition coefficient (Wildman–Crippen LogP) is -0.793. The van der Waals surface area contributed by atoms with Gasteiger partial charge in [-0.1, -0.05) is 12.1 Å². The summed E-state index contributed by atoms with van der Waals surface area (Å²) in [5.74, 6) is 0.769. The van der Waals surface area contributed by atoms with Gasteiger partial charge in [-0.3, -0.25) is 4.90 Å². The molecule has 0 saturated carbocycles. The molecule has 0 atom stereocenters. The zero-order chi connectivity index (χ0) is 13.0. The second kappa shape index (κ2) is 6.20. The number of methoxy groups -OCH3 is 1. The van der Waals surface area contributed by atoms with Crippen LogP contribution >= 0.6 is 0 Å². The Labute approximate surface area is 107 Å². The average Bonchev–Trinajstić information content (AvgIpc) is 2.39. The van der Waals surface area contributed by atoms with Gasteiger partial charge < -0.3 is 19.5 Å². The largest absolute Gasteiger partial charge is 0.496 e. The molecule has 1 aliphatic heterocycles. The standard InChI is InChI=1S/C12H18BNO4/c1-17-12-3-2-11(13(15)16)8-10(12)9-14-4-6-18-7-5-14/h2-3,8,15-16H,4-7,9H2,1H3. The lowest BCUT2D eigenvalue weighted by Gasteiger charge is -2.27. The van der Waals surface area contributed by atoms with Crippen molar-refractivity contribution in [3.05, 3.63) is 23.8 Å². The minimum atomic E-state index is -1.45. The van der Waals surface area contributed by atoms with Crippen molar-refractivity contribution < 1.29 is 19.5 Å². The second-order valence-electron chi connectivity index (χ2n) is 4.33. The minimum Gasteiger partial charge on any atom is -0.496 e. The number of nitrogens with zero attached hydrogens (tertiary/aromatic N) is 1. The Balaban J connectivity index is 2.15. The van der Waals surface area contributed by atoms with Crippen molar-refractivity contribution in [1.82, 2.24) is 4.90 Å². The van der Waals surface area contributed by atoms with Gasteiger partial charge in [-0.15, -0.1) is 0 Å². The van der Waals surface area contributed by atoms with Gasteiger partial charge in [0.15, 0.2) is 0 Å². The number of ether oxygens (including phenoxy) is 2. The van der Waals surface area contributed by atoms with Crippen LogP contribution in [-0.4, -0.2) is 55.5 Å². The van der Waals surface area contributed by atoms with Crippen LogP contribution in [-0.2, 0) is 11.3 Å². The SMILES string of the molecule is COc1ccc(B(O)O)cc1CN1CCOCC1. The molecule has 1 aliphatic rings. The van der Waals surface area contributed by atoms with Crippen molar-refractivity contribution in [1.29, 1.82) is 0 Å². The van der Waals surface area contributed by atoms with Crippen molar-refractivity contribution in [2.45, 2.75) is 6.54 Å². The fourth-order valence-corrected chi connectivity index (χ4v) is 2.08. The van der Waals surface area contributed by atoms with E-state index in [0.29, 0.717) is 5.46 Å². The zero-order valence-electron chi connectivity index (χ0n) is 10.5. The van der Waals surface area contributed by atoms with E-state index in [-0.39, 0.29) is 0 Å². The van der Waals surface area contributed by atoms with Crippen LogP contribution in [0, 0.1) is 0 Å². The van der Waals surface area contributed by atoms with Crippen LogP contribution in [0.1, 0.15) is 5.56 Å². The normalized spacial score (nSPS) is 16.6. The summed E-state index contributed by atoms with van der Waals surface area (Å²) in [7, 11) is 0.173. The molecule has 1 saturated heterocycles. The molecule has 0 amide bonds. The molecule has 0 unspecified atom stereocenters. The van der Waals surface area contributed by atoms with Crippen molar-refractivity contribution >= 4 is 12.6 Å². The molecular weight excluding hydrogens is 233 g/mol. The molecule has 1 aromatic carbocycles. The summed E-state index contributed by atoms with van der Waals surface area (Å²) in [4.78, 5) is 2.26. The molecule has 6 heteroatoms. The molecular formula is C12H18BNO4. The molecule has 98 valence electrons. The first-order chi connectivity index (χ1) is 8.70. The summed E-state index contributed by atoms with van der Waals surface area (Å²) in [5.41, 5.74) is 1.45. The first-order valence-electron chi connectivity index (χ1n) is 6.04. The van der Waals surface area contributed by atoms with Crippen LogP contribution in [0.5, 0.6) is 5.75 Å².